The lowest BCUT2D eigenvalue weighted by atomic mass is 9.56. The number of hydrogen-bond donors (Lipinski definition) is 1. The topological polar surface area (TPSA) is 152 Å². The molecule has 11 nitrogen and oxygen atoms in total. The number of aliphatic hydroxyl groups is 1. The molecule has 0 heterocycles. The van der Waals surface area contributed by atoms with Crippen molar-refractivity contribution in [3.8, 4) is 0 Å². The fraction of sp³-hybridized carbons (Fsp3) is 0.452. The Morgan fingerprint density at radius 2 is 1.40 bits per heavy atom. The zero-order chi connectivity index (χ0) is 38.9. The molecule has 11 heteroatoms. The molecule has 2 aromatic rings. The molecule has 0 unspecified atom stereocenters. The first-order valence-electron chi connectivity index (χ1n) is 17.7. The lowest BCUT2D eigenvalue weighted by Gasteiger charge is -2.53. The minimum Gasteiger partial charge on any atom is -0.462 e. The quantitative estimate of drug-likeness (QED) is 0.138. The van der Waals surface area contributed by atoms with Gasteiger partial charge in [-0.2, -0.15) is 0 Å². The number of fused-ring (bicyclic) bond motifs is 2. The maximum atomic E-state index is 14.0. The number of benzene rings is 2. The van der Waals surface area contributed by atoms with Crippen LogP contribution in [0.4, 0.5) is 0 Å². The summed E-state index contributed by atoms with van der Waals surface area (Å²) in [6.45, 7) is 15.0. The van der Waals surface area contributed by atoms with E-state index >= 15 is 0 Å². The van der Waals surface area contributed by atoms with Crippen LogP contribution in [0.15, 0.2) is 90.0 Å². The van der Waals surface area contributed by atoms with Crippen LogP contribution in [-0.4, -0.2) is 71.1 Å². The molecule has 3 aliphatic carbocycles. The summed E-state index contributed by atoms with van der Waals surface area (Å²) in [6.07, 6.45) is -2.48. The van der Waals surface area contributed by atoms with Crippen LogP contribution in [-0.2, 0) is 42.9 Å². The Balaban J connectivity index is 1.72. The fourth-order valence-electron chi connectivity index (χ4n) is 8.64. The summed E-state index contributed by atoms with van der Waals surface area (Å²) in [5, 5.41) is 12.3. The molecule has 53 heavy (non-hydrogen) atoms. The van der Waals surface area contributed by atoms with Crippen molar-refractivity contribution in [3.63, 3.8) is 0 Å². The van der Waals surface area contributed by atoms with Crippen molar-refractivity contribution >= 4 is 35.9 Å². The molecule has 8 atom stereocenters. The molecule has 0 aromatic heterocycles. The van der Waals surface area contributed by atoms with E-state index in [9.17, 15) is 29.1 Å². The number of ether oxygens (including phenoxy) is 5. The van der Waals surface area contributed by atoms with E-state index in [-0.39, 0.29) is 24.8 Å². The molecule has 0 amide bonds. The molecule has 2 fully saturated rings. The molecule has 2 saturated carbocycles. The van der Waals surface area contributed by atoms with Crippen LogP contribution in [0, 0.1) is 16.7 Å². The van der Waals surface area contributed by atoms with Gasteiger partial charge in [-0.05, 0) is 73.6 Å². The summed E-state index contributed by atoms with van der Waals surface area (Å²) in [5.74, 6) is -4.06. The molecule has 0 bridgehead atoms. The fourth-order valence-corrected chi connectivity index (χ4v) is 8.64. The first-order chi connectivity index (χ1) is 24.9. The Hall–Kier alpha value is -5.03. The van der Waals surface area contributed by atoms with E-state index in [1.165, 1.54) is 26.8 Å². The number of hydrogen-bond acceptors (Lipinski definition) is 11. The first-order valence-corrected chi connectivity index (χ1v) is 17.7. The molecule has 282 valence electrons. The molecular formula is C42H48O11. The second-order valence-electron chi connectivity index (χ2n) is 15.0. The maximum absolute atomic E-state index is 14.0. The molecule has 0 spiro atoms. The summed E-state index contributed by atoms with van der Waals surface area (Å²) < 4.78 is 30.4. The number of esters is 5. The van der Waals surface area contributed by atoms with Crippen molar-refractivity contribution in [2.45, 2.75) is 104 Å². The minimum absolute atomic E-state index is 0.0446. The van der Waals surface area contributed by atoms with Gasteiger partial charge in [0, 0.05) is 45.1 Å². The van der Waals surface area contributed by atoms with Crippen LogP contribution in [0.3, 0.4) is 0 Å². The van der Waals surface area contributed by atoms with E-state index in [0.29, 0.717) is 16.7 Å². The summed E-state index contributed by atoms with van der Waals surface area (Å²) >= 11 is 0. The van der Waals surface area contributed by atoms with Crippen LogP contribution in [0.5, 0.6) is 0 Å². The number of carbonyl (C=O) groups is 5. The zero-order valence-electron chi connectivity index (χ0n) is 31.3. The molecular weight excluding hydrogens is 680 g/mol. The Kier molecular flexibility index (Phi) is 11.2. The molecule has 0 radical (unpaired) electrons. The van der Waals surface area contributed by atoms with E-state index in [2.05, 4.69) is 6.58 Å². The van der Waals surface area contributed by atoms with Gasteiger partial charge in [0.15, 0.2) is 12.2 Å². The van der Waals surface area contributed by atoms with Crippen LogP contribution in [0.2, 0.25) is 0 Å². The van der Waals surface area contributed by atoms with Gasteiger partial charge >= 0.3 is 29.8 Å². The summed E-state index contributed by atoms with van der Waals surface area (Å²) in [5.41, 5.74) is -1.82. The SMILES string of the molecule is C=C1[C@H]2C[C@]3(C(C)(C)O)C[C@@H](OC(C)=O)C(C)=C3[C@@H](OC(=O)c3ccccc3)[C@@H](OC(C)=O)[C@@]2(C)[C@H](OC(C)=O)C[C@H]1OC(=O)/C=C/c1ccccc1. The van der Waals surface area contributed by atoms with Crippen molar-refractivity contribution in [2.75, 3.05) is 0 Å². The van der Waals surface area contributed by atoms with Gasteiger partial charge in [-0.1, -0.05) is 62.0 Å². The lowest BCUT2D eigenvalue weighted by molar-refractivity contribution is -0.197. The second kappa shape index (κ2) is 15.1. The van der Waals surface area contributed by atoms with E-state index < -0.39 is 82.7 Å². The predicted octanol–water partition coefficient (Wildman–Crippen LogP) is 6.10. The van der Waals surface area contributed by atoms with Gasteiger partial charge in [-0.25, -0.2) is 9.59 Å². The van der Waals surface area contributed by atoms with Gasteiger partial charge in [-0.3, -0.25) is 14.4 Å². The van der Waals surface area contributed by atoms with E-state index in [4.69, 9.17) is 23.7 Å². The highest BCUT2D eigenvalue weighted by atomic mass is 16.6. The zero-order valence-corrected chi connectivity index (χ0v) is 31.3. The van der Waals surface area contributed by atoms with Crippen LogP contribution in [0.1, 0.15) is 83.7 Å². The van der Waals surface area contributed by atoms with Gasteiger partial charge in [0.1, 0.15) is 18.3 Å². The molecule has 0 saturated heterocycles. The Labute approximate surface area is 310 Å². The van der Waals surface area contributed by atoms with Crippen LogP contribution >= 0.6 is 0 Å². The van der Waals surface area contributed by atoms with E-state index in [0.717, 1.165) is 5.56 Å². The minimum atomic E-state index is -1.57. The molecule has 2 aromatic carbocycles. The number of rotatable bonds is 9. The molecule has 3 aliphatic rings. The highest BCUT2D eigenvalue weighted by Gasteiger charge is 2.69. The van der Waals surface area contributed by atoms with Crippen molar-refractivity contribution in [3.05, 3.63) is 101 Å². The molecule has 1 N–H and O–H groups in total. The Morgan fingerprint density at radius 1 is 0.811 bits per heavy atom. The van der Waals surface area contributed by atoms with Crippen molar-refractivity contribution in [2.24, 2.45) is 16.7 Å². The van der Waals surface area contributed by atoms with Gasteiger partial charge < -0.3 is 28.8 Å². The monoisotopic (exact) mass is 728 g/mol. The third-order valence-electron chi connectivity index (χ3n) is 11.2. The summed E-state index contributed by atoms with van der Waals surface area (Å²) in [4.78, 5) is 65.6. The van der Waals surface area contributed by atoms with Gasteiger partial charge in [0.05, 0.1) is 16.6 Å². The average molecular weight is 729 g/mol. The van der Waals surface area contributed by atoms with Crippen molar-refractivity contribution < 1.29 is 52.8 Å². The number of carbonyl (C=O) groups excluding carboxylic acids is 5. The summed E-state index contributed by atoms with van der Waals surface area (Å²) in [7, 11) is 0. The standard InChI is InChI=1S/C42H48O11/c1-24-31-22-42(40(6,7)48)23-33(49-26(3)43)25(2)36(42)37(53-39(47)30-17-13-10-14-18-30)38(51-28(5)45)41(31,8)34(50-27(4)44)21-32(24)52-35(46)20-19-29-15-11-9-12-16-29/h9-20,31-34,37-38,48H,1,21-23H2,2-8H3/b20-19+/t31-,32-,33-,34-,37-,38-,41-,42+/m1/s1. The van der Waals surface area contributed by atoms with E-state index in [1.807, 2.05) is 30.3 Å². The van der Waals surface area contributed by atoms with Crippen molar-refractivity contribution in [1.29, 1.82) is 0 Å². The van der Waals surface area contributed by atoms with E-state index in [1.54, 1.807) is 64.1 Å². The Morgan fingerprint density at radius 3 is 1.96 bits per heavy atom. The van der Waals surface area contributed by atoms with Gasteiger partial charge in [0.2, 0.25) is 0 Å². The summed E-state index contributed by atoms with van der Waals surface area (Å²) in [6, 6.07) is 17.5. The van der Waals surface area contributed by atoms with Crippen molar-refractivity contribution in [1.82, 2.24) is 0 Å². The van der Waals surface area contributed by atoms with Gasteiger partial charge in [0.25, 0.3) is 0 Å². The normalized spacial score (nSPS) is 29.7. The third-order valence-corrected chi connectivity index (χ3v) is 11.2. The third kappa shape index (κ3) is 7.71. The second-order valence-corrected chi connectivity index (χ2v) is 15.0. The van der Waals surface area contributed by atoms with Crippen LogP contribution in [0.25, 0.3) is 6.08 Å². The average Bonchev–Trinajstić information content (AvgIpc) is 3.32. The maximum Gasteiger partial charge on any atom is 0.338 e. The van der Waals surface area contributed by atoms with Crippen LogP contribution < -0.4 is 0 Å². The highest BCUT2D eigenvalue weighted by molar-refractivity contribution is 5.90. The Bertz CT molecular complexity index is 1820. The van der Waals surface area contributed by atoms with Gasteiger partial charge in [-0.15, -0.1) is 0 Å². The molecule has 5 rings (SSSR count). The molecule has 0 aliphatic heterocycles. The highest BCUT2D eigenvalue weighted by Crippen LogP contribution is 2.65. The first kappa shape index (κ1) is 39.2. The predicted molar refractivity (Wildman–Crippen MR) is 194 cm³/mol. The lowest BCUT2D eigenvalue weighted by Crippen LogP contribution is -2.60. The smallest absolute Gasteiger partial charge is 0.338 e. The largest absolute Gasteiger partial charge is 0.462 e.